The van der Waals surface area contributed by atoms with Gasteiger partial charge in [0.25, 0.3) is 0 Å². The first-order chi connectivity index (χ1) is 9.97. The highest BCUT2D eigenvalue weighted by Gasteiger charge is 2.20. The summed E-state index contributed by atoms with van der Waals surface area (Å²) in [5, 5.41) is 0.733. The first-order valence-electron chi connectivity index (χ1n) is 6.85. The van der Waals surface area contributed by atoms with E-state index in [1.165, 1.54) is 0 Å². The lowest BCUT2D eigenvalue weighted by molar-refractivity contribution is 0.403. The molecule has 3 nitrogen and oxygen atoms in total. The van der Waals surface area contributed by atoms with Crippen LogP contribution in [0.1, 0.15) is 33.9 Å². The minimum Gasteiger partial charge on any atom is -0.496 e. The van der Waals surface area contributed by atoms with E-state index in [1.54, 1.807) is 7.11 Å². The summed E-state index contributed by atoms with van der Waals surface area (Å²) in [6.45, 7) is 6.09. The Morgan fingerprint density at radius 1 is 1.10 bits per heavy atom. The molecule has 0 bridgehead atoms. The fourth-order valence-electron chi connectivity index (χ4n) is 2.61. The Hall–Kier alpha value is -1.55. The van der Waals surface area contributed by atoms with Crippen LogP contribution in [-0.4, -0.2) is 7.11 Å². The lowest BCUT2D eigenvalue weighted by atomic mass is 9.92. The molecule has 21 heavy (non-hydrogen) atoms. The predicted molar refractivity (Wildman–Crippen MR) is 87.8 cm³/mol. The van der Waals surface area contributed by atoms with Gasteiger partial charge in [0.1, 0.15) is 5.75 Å². The molecule has 0 heterocycles. The Morgan fingerprint density at radius 3 is 2.38 bits per heavy atom. The lowest BCUT2D eigenvalue weighted by Crippen LogP contribution is -2.29. The zero-order chi connectivity index (χ0) is 15.6. The summed E-state index contributed by atoms with van der Waals surface area (Å²) in [5.41, 5.74) is 8.26. The van der Waals surface area contributed by atoms with Crippen molar-refractivity contribution in [3.05, 3.63) is 63.2 Å². The Labute approximate surface area is 131 Å². The van der Waals surface area contributed by atoms with E-state index in [1.807, 2.05) is 38.1 Å². The number of hydrazine groups is 1. The van der Waals surface area contributed by atoms with E-state index in [-0.39, 0.29) is 6.04 Å². The van der Waals surface area contributed by atoms with E-state index in [9.17, 15) is 0 Å². The SMILES string of the molecule is COc1cc(C)cc(C)c1C(NN)c1ccc(C)c(Cl)c1. The van der Waals surface area contributed by atoms with Gasteiger partial charge in [0.15, 0.2) is 0 Å². The molecule has 0 saturated heterocycles. The van der Waals surface area contributed by atoms with Crippen LogP contribution in [0, 0.1) is 20.8 Å². The number of hydrogen-bond donors (Lipinski definition) is 2. The highest BCUT2D eigenvalue weighted by molar-refractivity contribution is 6.31. The second-order valence-corrected chi connectivity index (χ2v) is 5.71. The van der Waals surface area contributed by atoms with Crippen LogP contribution in [0.25, 0.3) is 0 Å². The molecular weight excluding hydrogens is 284 g/mol. The number of nitrogens with two attached hydrogens (primary N) is 1. The number of methoxy groups -OCH3 is 1. The third-order valence-corrected chi connectivity index (χ3v) is 4.10. The molecular formula is C17H21ClN2O. The van der Waals surface area contributed by atoms with E-state index in [2.05, 4.69) is 18.4 Å². The highest BCUT2D eigenvalue weighted by atomic mass is 35.5. The largest absolute Gasteiger partial charge is 0.496 e. The van der Waals surface area contributed by atoms with Crippen LogP contribution < -0.4 is 16.0 Å². The number of rotatable bonds is 4. The van der Waals surface area contributed by atoms with Crippen LogP contribution in [0.5, 0.6) is 5.75 Å². The summed E-state index contributed by atoms with van der Waals surface area (Å²) in [6.07, 6.45) is 0. The van der Waals surface area contributed by atoms with Crippen LogP contribution in [0.4, 0.5) is 0 Å². The van der Waals surface area contributed by atoms with Gasteiger partial charge in [-0.15, -0.1) is 0 Å². The van der Waals surface area contributed by atoms with Gasteiger partial charge in [0, 0.05) is 10.6 Å². The van der Waals surface area contributed by atoms with Crippen molar-refractivity contribution in [1.82, 2.24) is 5.43 Å². The van der Waals surface area contributed by atoms with Crippen LogP contribution in [0.3, 0.4) is 0 Å². The molecule has 0 aromatic heterocycles. The average molecular weight is 305 g/mol. The maximum absolute atomic E-state index is 6.24. The third kappa shape index (κ3) is 3.21. The number of ether oxygens (including phenoxy) is 1. The maximum atomic E-state index is 6.24. The molecule has 0 fully saturated rings. The minimum atomic E-state index is -0.168. The van der Waals surface area contributed by atoms with E-state index in [0.717, 1.165) is 38.6 Å². The first-order valence-corrected chi connectivity index (χ1v) is 7.23. The smallest absolute Gasteiger partial charge is 0.124 e. The van der Waals surface area contributed by atoms with E-state index in [0.29, 0.717) is 0 Å². The number of hydrogen-bond acceptors (Lipinski definition) is 3. The summed E-state index contributed by atoms with van der Waals surface area (Å²) >= 11 is 6.24. The molecule has 3 N–H and O–H groups in total. The van der Waals surface area contributed by atoms with E-state index in [4.69, 9.17) is 22.2 Å². The molecule has 2 aromatic rings. The summed E-state index contributed by atoms with van der Waals surface area (Å²) in [5.74, 6) is 6.63. The fraction of sp³-hybridized carbons (Fsp3) is 0.294. The molecule has 0 aliphatic carbocycles. The summed E-state index contributed by atoms with van der Waals surface area (Å²) < 4.78 is 5.54. The van der Waals surface area contributed by atoms with Crippen molar-refractivity contribution in [2.75, 3.05) is 7.11 Å². The van der Waals surface area contributed by atoms with Crippen LogP contribution in [0.2, 0.25) is 5.02 Å². The summed E-state index contributed by atoms with van der Waals surface area (Å²) in [6, 6.07) is 9.95. The van der Waals surface area contributed by atoms with Gasteiger partial charge in [0.2, 0.25) is 0 Å². The van der Waals surface area contributed by atoms with Gasteiger partial charge in [-0.3, -0.25) is 5.84 Å². The topological polar surface area (TPSA) is 47.3 Å². The molecule has 1 atom stereocenters. The Bertz CT molecular complexity index is 655. The molecule has 0 aliphatic heterocycles. The van der Waals surface area contributed by atoms with Gasteiger partial charge in [-0.05, 0) is 55.2 Å². The summed E-state index contributed by atoms with van der Waals surface area (Å²) in [7, 11) is 1.67. The van der Waals surface area contributed by atoms with Crippen molar-refractivity contribution in [1.29, 1.82) is 0 Å². The molecule has 0 spiro atoms. The van der Waals surface area contributed by atoms with Crippen molar-refractivity contribution in [3.8, 4) is 5.75 Å². The first kappa shape index (κ1) is 15.8. The molecule has 4 heteroatoms. The van der Waals surface area contributed by atoms with Gasteiger partial charge >= 0.3 is 0 Å². The van der Waals surface area contributed by atoms with Crippen molar-refractivity contribution in [3.63, 3.8) is 0 Å². The monoisotopic (exact) mass is 304 g/mol. The average Bonchev–Trinajstić information content (AvgIpc) is 2.45. The van der Waals surface area contributed by atoms with Crippen molar-refractivity contribution < 1.29 is 4.74 Å². The molecule has 2 aromatic carbocycles. The lowest BCUT2D eigenvalue weighted by Gasteiger charge is -2.23. The van der Waals surface area contributed by atoms with Crippen molar-refractivity contribution >= 4 is 11.6 Å². The number of nitrogens with one attached hydrogen (secondary N) is 1. The van der Waals surface area contributed by atoms with Gasteiger partial charge in [-0.1, -0.05) is 29.8 Å². The minimum absolute atomic E-state index is 0.168. The molecule has 0 radical (unpaired) electrons. The molecule has 112 valence electrons. The molecule has 2 rings (SSSR count). The standard InChI is InChI=1S/C17H21ClN2O/c1-10-7-12(3)16(15(8-10)21-4)17(20-19)13-6-5-11(2)14(18)9-13/h5-9,17,20H,19H2,1-4H3. The second-order valence-electron chi connectivity index (χ2n) is 5.31. The normalized spacial score (nSPS) is 12.3. The summed E-state index contributed by atoms with van der Waals surface area (Å²) in [4.78, 5) is 0. The van der Waals surface area contributed by atoms with E-state index < -0.39 is 0 Å². The number of halogens is 1. The highest BCUT2D eigenvalue weighted by Crippen LogP contribution is 2.34. The Kier molecular flexibility index (Phi) is 4.88. The Morgan fingerprint density at radius 2 is 1.81 bits per heavy atom. The van der Waals surface area contributed by atoms with Gasteiger partial charge in [-0.25, -0.2) is 5.43 Å². The zero-order valence-corrected chi connectivity index (χ0v) is 13.6. The van der Waals surface area contributed by atoms with Gasteiger partial charge in [-0.2, -0.15) is 0 Å². The number of aryl methyl sites for hydroxylation is 3. The maximum Gasteiger partial charge on any atom is 0.124 e. The quantitative estimate of drug-likeness (QED) is 0.666. The second kappa shape index (κ2) is 6.48. The molecule has 0 aliphatic rings. The predicted octanol–water partition coefficient (Wildman–Crippen LogP) is 3.83. The number of benzene rings is 2. The van der Waals surface area contributed by atoms with E-state index >= 15 is 0 Å². The zero-order valence-electron chi connectivity index (χ0n) is 12.8. The van der Waals surface area contributed by atoms with Crippen LogP contribution in [0.15, 0.2) is 30.3 Å². The molecule has 1 unspecified atom stereocenters. The van der Waals surface area contributed by atoms with Gasteiger partial charge in [0.05, 0.1) is 13.2 Å². The van der Waals surface area contributed by atoms with Gasteiger partial charge < -0.3 is 4.74 Å². The molecule has 0 saturated carbocycles. The molecule has 0 amide bonds. The Balaban J connectivity index is 2.58. The van der Waals surface area contributed by atoms with Crippen LogP contribution >= 0.6 is 11.6 Å². The van der Waals surface area contributed by atoms with Crippen LogP contribution in [-0.2, 0) is 0 Å². The van der Waals surface area contributed by atoms with Crippen molar-refractivity contribution in [2.45, 2.75) is 26.8 Å². The van der Waals surface area contributed by atoms with Crippen molar-refractivity contribution in [2.24, 2.45) is 5.84 Å². The third-order valence-electron chi connectivity index (χ3n) is 3.70. The fourth-order valence-corrected chi connectivity index (χ4v) is 2.80.